The molecule has 0 radical (unpaired) electrons. The first kappa shape index (κ1) is 23.3. The molecule has 8 heteroatoms. The lowest BCUT2D eigenvalue weighted by molar-refractivity contribution is -0.145. The van der Waals surface area contributed by atoms with Crippen molar-refractivity contribution in [3.05, 3.63) is 71.8 Å². The predicted octanol–water partition coefficient (Wildman–Crippen LogP) is 2.50. The number of nitrogens with one attached hydrogen (secondary N) is 2. The lowest BCUT2D eigenvalue weighted by Gasteiger charge is -2.22. The third-order valence-electron chi connectivity index (χ3n) is 4.32. The normalized spacial score (nSPS) is 12.3. The van der Waals surface area contributed by atoms with E-state index in [1.807, 2.05) is 60.7 Å². The van der Waals surface area contributed by atoms with E-state index in [0.717, 1.165) is 11.1 Å². The number of rotatable bonds is 10. The fraction of sp³-hybridized carbons (Fsp3) is 0.318. The van der Waals surface area contributed by atoms with E-state index in [4.69, 9.17) is 9.47 Å². The summed E-state index contributed by atoms with van der Waals surface area (Å²) in [6.07, 6.45) is -0.182. The van der Waals surface area contributed by atoms with Gasteiger partial charge in [-0.1, -0.05) is 60.7 Å². The van der Waals surface area contributed by atoms with Crippen LogP contribution in [-0.2, 0) is 32.1 Å². The third kappa shape index (κ3) is 7.79. The maximum Gasteiger partial charge on any atom is 0.408 e. The van der Waals surface area contributed by atoms with Crippen LogP contribution in [0.2, 0.25) is 0 Å². The van der Waals surface area contributed by atoms with Gasteiger partial charge < -0.3 is 20.1 Å². The van der Waals surface area contributed by atoms with E-state index in [1.165, 1.54) is 7.11 Å². The molecule has 30 heavy (non-hydrogen) atoms. The van der Waals surface area contributed by atoms with Crippen molar-refractivity contribution in [3.8, 4) is 0 Å². The Morgan fingerprint density at radius 3 is 2.07 bits per heavy atom. The number of methoxy groups -OCH3 is 1. The maximum atomic E-state index is 12.7. The van der Waals surface area contributed by atoms with Crippen molar-refractivity contribution in [2.45, 2.75) is 31.5 Å². The second-order valence-electron chi connectivity index (χ2n) is 6.54. The van der Waals surface area contributed by atoms with Gasteiger partial charge in [-0.05, 0) is 23.3 Å². The Balaban J connectivity index is 1.97. The number of benzene rings is 2. The predicted molar refractivity (Wildman–Crippen MR) is 116 cm³/mol. The Morgan fingerprint density at radius 2 is 1.50 bits per heavy atom. The number of carbonyl (C=O) groups excluding carboxylic acids is 3. The lowest BCUT2D eigenvalue weighted by Crippen LogP contribution is -2.52. The summed E-state index contributed by atoms with van der Waals surface area (Å²) in [5.41, 5.74) is 1.70. The van der Waals surface area contributed by atoms with E-state index in [9.17, 15) is 14.4 Å². The van der Waals surface area contributed by atoms with Crippen LogP contribution in [0.1, 0.15) is 17.5 Å². The van der Waals surface area contributed by atoms with Gasteiger partial charge in [-0.25, -0.2) is 9.59 Å². The molecule has 2 amide bonds. The van der Waals surface area contributed by atoms with E-state index < -0.39 is 30.1 Å². The first-order valence-electron chi connectivity index (χ1n) is 9.53. The molecule has 2 aromatic rings. The Hall–Kier alpha value is -3.00. The first-order valence-corrected chi connectivity index (χ1v) is 10.2. The van der Waals surface area contributed by atoms with Crippen LogP contribution in [0.25, 0.3) is 0 Å². The van der Waals surface area contributed by atoms with Crippen molar-refractivity contribution in [2.75, 3.05) is 12.9 Å². The van der Waals surface area contributed by atoms with Crippen LogP contribution in [0.4, 0.5) is 4.79 Å². The summed E-state index contributed by atoms with van der Waals surface area (Å²) >= 11 is 4.15. The minimum Gasteiger partial charge on any atom is -0.467 e. The summed E-state index contributed by atoms with van der Waals surface area (Å²) < 4.78 is 9.99. The van der Waals surface area contributed by atoms with Gasteiger partial charge in [0, 0.05) is 6.42 Å². The highest BCUT2D eigenvalue weighted by Crippen LogP contribution is 2.07. The summed E-state index contributed by atoms with van der Waals surface area (Å²) in [6.45, 7) is 0.0840. The Morgan fingerprint density at radius 1 is 0.900 bits per heavy atom. The number of ether oxygens (including phenoxy) is 2. The zero-order valence-corrected chi connectivity index (χ0v) is 17.6. The Labute approximate surface area is 181 Å². The van der Waals surface area contributed by atoms with Gasteiger partial charge in [0.15, 0.2) is 0 Å². The molecule has 0 aromatic heterocycles. The quantitative estimate of drug-likeness (QED) is 0.398. The molecule has 2 atom stereocenters. The van der Waals surface area contributed by atoms with Gasteiger partial charge in [-0.3, -0.25) is 4.79 Å². The summed E-state index contributed by atoms with van der Waals surface area (Å²) in [7, 11) is 1.26. The lowest BCUT2D eigenvalue weighted by atomic mass is 10.1. The highest BCUT2D eigenvalue weighted by Gasteiger charge is 2.27. The minimum atomic E-state index is -0.895. The molecular weight excluding hydrogens is 404 g/mol. The van der Waals surface area contributed by atoms with Crippen LogP contribution < -0.4 is 10.6 Å². The second-order valence-corrected chi connectivity index (χ2v) is 6.99. The number of hydrogen-bond acceptors (Lipinski definition) is 6. The van der Waals surface area contributed by atoms with Crippen LogP contribution in [0.3, 0.4) is 0 Å². The molecule has 0 saturated heterocycles. The van der Waals surface area contributed by atoms with Crippen LogP contribution >= 0.6 is 12.6 Å². The molecule has 160 valence electrons. The van der Waals surface area contributed by atoms with E-state index in [0.29, 0.717) is 5.75 Å². The van der Waals surface area contributed by atoms with Gasteiger partial charge in [-0.15, -0.1) is 0 Å². The number of esters is 1. The summed E-state index contributed by atoms with van der Waals surface area (Å²) in [5, 5.41) is 5.20. The topological polar surface area (TPSA) is 93.7 Å². The molecule has 2 N–H and O–H groups in total. The molecule has 0 unspecified atom stereocenters. The minimum absolute atomic E-state index is 0.0840. The van der Waals surface area contributed by atoms with Crippen molar-refractivity contribution < 1.29 is 23.9 Å². The summed E-state index contributed by atoms with van der Waals surface area (Å²) in [4.78, 5) is 37.0. The largest absolute Gasteiger partial charge is 0.467 e. The maximum absolute atomic E-state index is 12.7. The molecule has 0 fully saturated rings. The molecule has 0 bridgehead atoms. The zero-order chi connectivity index (χ0) is 21.8. The van der Waals surface area contributed by atoms with Crippen molar-refractivity contribution in [1.29, 1.82) is 0 Å². The molecule has 0 spiro atoms. The third-order valence-corrected chi connectivity index (χ3v) is 4.58. The molecule has 0 aliphatic carbocycles. The average molecular weight is 431 g/mol. The molecule has 0 aliphatic rings. The van der Waals surface area contributed by atoms with Crippen LogP contribution in [-0.4, -0.2) is 42.9 Å². The summed E-state index contributed by atoms with van der Waals surface area (Å²) in [5.74, 6) is -0.714. The number of amides is 2. The van der Waals surface area contributed by atoms with Gasteiger partial charge in [0.2, 0.25) is 5.91 Å². The standard InChI is InChI=1S/C22H26N2O5S/c1-28-21(26)19(14-16-8-4-2-5-9-16)23-20(25)18(12-13-30)24-22(27)29-15-17-10-6-3-7-11-17/h2-11,18-19,30H,12-15H2,1H3,(H,23,25)(H,24,27)/t18-,19+/m0/s1. The number of alkyl carbamates (subject to hydrolysis) is 1. The van der Waals surface area contributed by atoms with Crippen molar-refractivity contribution in [2.24, 2.45) is 0 Å². The molecule has 2 rings (SSSR count). The number of thiol groups is 1. The van der Waals surface area contributed by atoms with Gasteiger partial charge in [0.05, 0.1) is 7.11 Å². The highest BCUT2D eigenvalue weighted by atomic mass is 32.1. The van der Waals surface area contributed by atoms with Crippen molar-refractivity contribution in [3.63, 3.8) is 0 Å². The average Bonchev–Trinajstić information content (AvgIpc) is 2.77. The van der Waals surface area contributed by atoms with Crippen LogP contribution in [0.15, 0.2) is 60.7 Å². The summed E-state index contributed by atoms with van der Waals surface area (Å²) in [6, 6.07) is 16.7. The molecular formula is C22H26N2O5S. The van der Waals surface area contributed by atoms with Crippen LogP contribution in [0.5, 0.6) is 0 Å². The molecule has 2 aromatic carbocycles. The van der Waals surface area contributed by atoms with Gasteiger partial charge in [0.1, 0.15) is 18.7 Å². The Bertz CT molecular complexity index is 817. The Kier molecular flexibility index (Phi) is 9.73. The number of carbonyl (C=O) groups is 3. The van der Waals surface area contributed by atoms with Crippen LogP contribution in [0, 0.1) is 0 Å². The molecule has 0 aliphatic heterocycles. The second kappa shape index (κ2) is 12.5. The monoisotopic (exact) mass is 430 g/mol. The fourth-order valence-electron chi connectivity index (χ4n) is 2.76. The molecule has 7 nitrogen and oxygen atoms in total. The number of hydrogen-bond donors (Lipinski definition) is 3. The van der Waals surface area contributed by atoms with E-state index in [1.54, 1.807) is 0 Å². The SMILES string of the molecule is COC(=O)[C@@H](Cc1ccccc1)NC(=O)[C@H](CCS)NC(=O)OCc1ccccc1. The molecule has 0 heterocycles. The van der Waals surface area contributed by atoms with Gasteiger partial charge in [-0.2, -0.15) is 12.6 Å². The zero-order valence-electron chi connectivity index (χ0n) is 16.7. The van der Waals surface area contributed by atoms with E-state index in [-0.39, 0.29) is 19.4 Å². The van der Waals surface area contributed by atoms with Crippen molar-refractivity contribution in [1.82, 2.24) is 10.6 Å². The smallest absolute Gasteiger partial charge is 0.408 e. The first-order chi connectivity index (χ1) is 14.5. The fourth-order valence-corrected chi connectivity index (χ4v) is 3.02. The van der Waals surface area contributed by atoms with Gasteiger partial charge in [0.25, 0.3) is 0 Å². The van der Waals surface area contributed by atoms with E-state index >= 15 is 0 Å². The van der Waals surface area contributed by atoms with E-state index in [2.05, 4.69) is 23.3 Å². The highest BCUT2D eigenvalue weighted by molar-refractivity contribution is 7.80. The van der Waals surface area contributed by atoms with Crippen molar-refractivity contribution >= 4 is 30.6 Å². The molecule has 0 saturated carbocycles. The van der Waals surface area contributed by atoms with Gasteiger partial charge >= 0.3 is 12.1 Å².